The first-order valence-corrected chi connectivity index (χ1v) is 10.2. The molecule has 2 aromatic carbocycles. The van der Waals surface area contributed by atoms with Crippen LogP contribution in [0.15, 0.2) is 53.3 Å². The summed E-state index contributed by atoms with van der Waals surface area (Å²) in [5.74, 6) is 0. The first-order valence-electron chi connectivity index (χ1n) is 10.2. The summed E-state index contributed by atoms with van der Waals surface area (Å²) in [6.45, 7) is 7.36. The Bertz CT molecular complexity index is 1080. The summed E-state index contributed by atoms with van der Waals surface area (Å²) in [6, 6.07) is 13.7. The van der Waals surface area contributed by atoms with Gasteiger partial charge in [-0.05, 0) is 25.1 Å². The van der Waals surface area contributed by atoms with E-state index in [-0.39, 0.29) is 10.9 Å². The number of fused-ring (bicyclic) bond motifs is 1. The number of aromatic nitrogens is 1. The van der Waals surface area contributed by atoms with Crippen LogP contribution in [0, 0.1) is 6.92 Å². The van der Waals surface area contributed by atoms with Crippen molar-refractivity contribution in [2.75, 3.05) is 26.2 Å². The minimum atomic E-state index is -4.43. The van der Waals surface area contributed by atoms with Gasteiger partial charge in [-0.1, -0.05) is 30.3 Å². The number of piperazine rings is 1. The molecule has 158 valence electrons. The number of hydrogen-bond acceptors (Lipinski definition) is 1. The third-order valence-corrected chi connectivity index (χ3v) is 6.03. The summed E-state index contributed by atoms with van der Waals surface area (Å²) in [7, 11) is 0. The van der Waals surface area contributed by atoms with Gasteiger partial charge in [0.25, 0.3) is 0 Å². The van der Waals surface area contributed by atoms with E-state index in [1.54, 1.807) is 6.92 Å². The molecule has 7 heteroatoms. The van der Waals surface area contributed by atoms with Crippen LogP contribution in [0.3, 0.4) is 0 Å². The minimum absolute atomic E-state index is 0.165. The Morgan fingerprint density at radius 1 is 0.933 bits per heavy atom. The van der Waals surface area contributed by atoms with Gasteiger partial charge in [0.15, 0.2) is 5.43 Å². The van der Waals surface area contributed by atoms with Gasteiger partial charge in [-0.15, -0.1) is 0 Å². The average molecular weight is 417 g/mol. The molecule has 0 saturated carbocycles. The van der Waals surface area contributed by atoms with Crippen LogP contribution in [-0.4, -0.2) is 31.2 Å². The van der Waals surface area contributed by atoms with E-state index in [0.29, 0.717) is 23.2 Å². The second-order valence-corrected chi connectivity index (χ2v) is 8.15. The molecule has 0 unspecified atom stereocenters. The molecular weight excluding hydrogens is 391 g/mol. The van der Waals surface area contributed by atoms with Gasteiger partial charge < -0.3 is 14.8 Å². The Hall–Kier alpha value is -2.64. The van der Waals surface area contributed by atoms with Gasteiger partial charge in [-0.25, -0.2) is 0 Å². The number of halogens is 3. The molecule has 0 bridgehead atoms. The largest absolute Gasteiger partial charge is 0.416 e. The highest BCUT2D eigenvalue weighted by molar-refractivity contribution is 5.80. The fourth-order valence-electron chi connectivity index (χ4n) is 4.29. The Morgan fingerprint density at radius 3 is 2.20 bits per heavy atom. The molecule has 0 radical (unpaired) electrons. The van der Waals surface area contributed by atoms with E-state index in [0.717, 1.165) is 44.9 Å². The predicted octanol–water partition coefficient (Wildman–Crippen LogP) is 1.34. The van der Waals surface area contributed by atoms with Gasteiger partial charge in [0, 0.05) is 16.6 Å². The predicted molar refractivity (Wildman–Crippen MR) is 110 cm³/mol. The maximum Gasteiger partial charge on any atom is 0.416 e. The van der Waals surface area contributed by atoms with E-state index in [2.05, 4.69) is 29.2 Å². The normalized spacial score (nSPS) is 19.9. The van der Waals surface area contributed by atoms with Crippen molar-refractivity contribution in [3.05, 3.63) is 81.1 Å². The Labute approximate surface area is 172 Å². The molecule has 1 fully saturated rings. The number of rotatable bonds is 4. The highest BCUT2D eigenvalue weighted by Crippen LogP contribution is 2.30. The van der Waals surface area contributed by atoms with E-state index in [1.165, 1.54) is 21.4 Å². The summed E-state index contributed by atoms with van der Waals surface area (Å²) in [4.78, 5) is 18.9. The van der Waals surface area contributed by atoms with E-state index in [4.69, 9.17) is 0 Å². The zero-order valence-electron chi connectivity index (χ0n) is 16.9. The van der Waals surface area contributed by atoms with Crippen molar-refractivity contribution in [1.29, 1.82) is 0 Å². The monoisotopic (exact) mass is 417 g/mol. The number of H-pyrrole nitrogens is 1. The number of nitrogens with one attached hydrogen (secondary N) is 3. The molecule has 2 heterocycles. The number of aryl methyl sites for hydroxylation is 1. The van der Waals surface area contributed by atoms with Crippen molar-refractivity contribution < 1.29 is 23.0 Å². The van der Waals surface area contributed by atoms with Crippen LogP contribution < -0.4 is 15.2 Å². The number of pyridine rings is 1. The smallest absolute Gasteiger partial charge is 0.358 e. The Morgan fingerprint density at radius 2 is 1.57 bits per heavy atom. The zero-order valence-corrected chi connectivity index (χ0v) is 16.9. The standard InChI is InChI=1S/C23H24F3N3O/c1-16-20(22(30)19-8-7-18(23(24,25)26)13-21(19)27-16)15-29-11-9-28(10-12-29)14-17-5-3-2-4-6-17/h2-8,13H,9-12,14-15H2,1H3,(H,27,30)/p+2. The summed E-state index contributed by atoms with van der Waals surface area (Å²) >= 11 is 0. The Balaban J connectivity index is 1.47. The van der Waals surface area contributed by atoms with Gasteiger partial charge >= 0.3 is 6.18 Å². The molecule has 3 aromatic rings. The minimum Gasteiger partial charge on any atom is -0.358 e. The summed E-state index contributed by atoms with van der Waals surface area (Å²) in [5, 5.41) is 0.316. The van der Waals surface area contributed by atoms with Crippen LogP contribution in [-0.2, 0) is 19.3 Å². The molecule has 0 atom stereocenters. The molecule has 1 saturated heterocycles. The molecule has 0 aliphatic carbocycles. The molecule has 0 amide bonds. The quantitative estimate of drug-likeness (QED) is 0.589. The van der Waals surface area contributed by atoms with Crippen molar-refractivity contribution in [1.82, 2.24) is 4.98 Å². The highest BCUT2D eigenvalue weighted by Gasteiger charge is 2.31. The van der Waals surface area contributed by atoms with E-state index < -0.39 is 11.7 Å². The first kappa shape index (κ1) is 20.6. The topological polar surface area (TPSA) is 41.7 Å². The number of benzene rings is 2. The maximum absolute atomic E-state index is 13.0. The number of aromatic amines is 1. The van der Waals surface area contributed by atoms with E-state index >= 15 is 0 Å². The number of alkyl halides is 3. The highest BCUT2D eigenvalue weighted by atomic mass is 19.4. The maximum atomic E-state index is 13.0. The molecule has 30 heavy (non-hydrogen) atoms. The summed E-state index contributed by atoms with van der Waals surface area (Å²) in [5.41, 5.74) is 1.98. The van der Waals surface area contributed by atoms with Crippen LogP contribution in [0.1, 0.15) is 22.4 Å². The van der Waals surface area contributed by atoms with Gasteiger partial charge in [-0.3, -0.25) is 4.79 Å². The third-order valence-electron chi connectivity index (χ3n) is 6.03. The van der Waals surface area contributed by atoms with Crippen LogP contribution in [0.4, 0.5) is 13.2 Å². The van der Waals surface area contributed by atoms with Crippen molar-refractivity contribution in [2.24, 2.45) is 0 Å². The van der Waals surface area contributed by atoms with E-state index in [9.17, 15) is 18.0 Å². The third kappa shape index (κ3) is 4.42. The summed E-state index contributed by atoms with van der Waals surface area (Å²) in [6.07, 6.45) is -4.43. The fourth-order valence-corrected chi connectivity index (χ4v) is 4.29. The van der Waals surface area contributed by atoms with Crippen molar-refractivity contribution in [3.8, 4) is 0 Å². The van der Waals surface area contributed by atoms with Gasteiger partial charge in [-0.2, -0.15) is 13.2 Å². The van der Waals surface area contributed by atoms with E-state index in [1.807, 2.05) is 6.07 Å². The van der Waals surface area contributed by atoms with Crippen molar-refractivity contribution in [3.63, 3.8) is 0 Å². The fraction of sp³-hybridized carbons (Fsp3) is 0.348. The van der Waals surface area contributed by atoms with Crippen LogP contribution in [0.2, 0.25) is 0 Å². The van der Waals surface area contributed by atoms with Crippen molar-refractivity contribution >= 4 is 10.9 Å². The molecule has 4 rings (SSSR count). The Kier molecular flexibility index (Phi) is 5.66. The number of quaternary nitrogens is 2. The lowest BCUT2D eigenvalue weighted by Gasteiger charge is -2.30. The van der Waals surface area contributed by atoms with Gasteiger partial charge in [0.05, 0.1) is 16.6 Å². The average Bonchev–Trinajstić information content (AvgIpc) is 2.72. The van der Waals surface area contributed by atoms with Crippen LogP contribution in [0.5, 0.6) is 0 Å². The SMILES string of the molecule is Cc1[nH]c2cc(C(F)(F)F)ccc2c(=O)c1C[NH+]1CC[NH+](Cc2ccccc2)CC1. The lowest BCUT2D eigenvalue weighted by molar-refractivity contribution is -1.02. The second kappa shape index (κ2) is 8.24. The number of hydrogen-bond donors (Lipinski definition) is 3. The second-order valence-electron chi connectivity index (χ2n) is 8.15. The van der Waals surface area contributed by atoms with Crippen molar-refractivity contribution in [2.45, 2.75) is 26.2 Å². The van der Waals surface area contributed by atoms with Crippen LogP contribution in [0.25, 0.3) is 10.9 Å². The van der Waals surface area contributed by atoms with Gasteiger partial charge in [0.2, 0.25) is 0 Å². The summed E-state index contributed by atoms with van der Waals surface area (Å²) < 4.78 is 38.9. The lowest BCUT2D eigenvalue weighted by Crippen LogP contribution is -3.27. The lowest BCUT2D eigenvalue weighted by atomic mass is 10.1. The molecule has 1 aliphatic rings. The molecule has 1 aliphatic heterocycles. The molecule has 1 aromatic heterocycles. The first-order chi connectivity index (χ1) is 14.3. The molecule has 3 N–H and O–H groups in total. The molecule has 4 nitrogen and oxygen atoms in total. The van der Waals surface area contributed by atoms with Crippen LogP contribution >= 0.6 is 0 Å². The molecular formula is C23H26F3N3O+2. The molecule has 0 spiro atoms. The van der Waals surface area contributed by atoms with Gasteiger partial charge in [0.1, 0.15) is 39.3 Å². The zero-order chi connectivity index (χ0) is 21.3.